The van der Waals surface area contributed by atoms with Gasteiger partial charge in [-0.25, -0.2) is 0 Å². The summed E-state index contributed by atoms with van der Waals surface area (Å²) >= 11 is 0. The molecule has 0 saturated heterocycles. The van der Waals surface area contributed by atoms with Gasteiger partial charge in [0.1, 0.15) is 5.82 Å². The molecule has 1 heterocycles. The Labute approximate surface area is 70.8 Å². The van der Waals surface area contributed by atoms with E-state index in [9.17, 15) is 4.79 Å². The van der Waals surface area contributed by atoms with Gasteiger partial charge in [0, 0.05) is 13.1 Å². The monoisotopic (exact) mass is 168 g/mol. The number of nitrogens with zero attached hydrogens (tertiary/aromatic N) is 2. The molecule has 12 heavy (non-hydrogen) atoms. The van der Waals surface area contributed by atoms with Crippen LogP contribution in [0.4, 0.5) is 5.82 Å². The summed E-state index contributed by atoms with van der Waals surface area (Å²) in [6.45, 7) is 0.311. The summed E-state index contributed by atoms with van der Waals surface area (Å²) in [4.78, 5) is 11.0. The van der Waals surface area contributed by atoms with E-state index in [1.54, 1.807) is 31.0 Å². The van der Waals surface area contributed by atoms with Crippen LogP contribution >= 0.6 is 0 Å². The maximum atomic E-state index is 11.0. The van der Waals surface area contributed by atoms with Gasteiger partial charge in [-0.05, 0) is 7.05 Å². The lowest BCUT2D eigenvalue weighted by molar-refractivity contribution is -0.115. The van der Waals surface area contributed by atoms with Crippen LogP contribution in [0.3, 0.4) is 0 Å². The summed E-state index contributed by atoms with van der Waals surface area (Å²) in [6.07, 6.45) is 1.63. The van der Waals surface area contributed by atoms with Gasteiger partial charge in [-0.1, -0.05) is 0 Å². The number of anilines is 1. The molecule has 0 radical (unpaired) electrons. The average Bonchev–Trinajstić information content (AvgIpc) is 2.37. The Balaban J connectivity index is 2.52. The molecule has 0 fully saturated rings. The van der Waals surface area contributed by atoms with E-state index in [0.29, 0.717) is 12.4 Å². The second kappa shape index (κ2) is 3.87. The smallest absolute Gasteiger partial charge is 0.239 e. The number of aryl methyl sites for hydroxylation is 1. The van der Waals surface area contributed by atoms with Gasteiger partial charge in [-0.2, -0.15) is 5.10 Å². The number of nitrogens with one attached hydrogen (secondary N) is 2. The van der Waals surface area contributed by atoms with Gasteiger partial charge in [0.05, 0.1) is 12.7 Å². The maximum absolute atomic E-state index is 11.0. The van der Waals surface area contributed by atoms with Crippen LogP contribution in [0.5, 0.6) is 0 Å². The van der Waals surface area contributed by atoms with Gasteiger partial charge < -0.3 is 10.6 Å². The molecule has 5 nitrogen and oxygen atoms in total. The van der Waals surface area contributed by atoms with E-state index in [1.807, 2.05) is 0 Å². The van der Waals surface area contributed by atoms with Gasteiger partial charge in [0.15, 0.2) is 0 Å². The van der Waals surface area contributed by atoms with Crippen LogP contribution in [0.25, 0.3) is 0 Å². The fraction of sp³-hybridized carbons (Fsp3) is 0.429. The molecular weight excluding hydrogens is 156 g/mol. The predicted molar refractivity (Wildman–Crippen MR) is 45.8 cm³/mol. The van der Waals surface area contributed by atoms with Crippen LogP contribution in [0.15, 0.2) is 12.3 Å². The first-order valence-electron chi connectivity index (χ1n) is 3.66. The van der Waals surface area contributed by atoms with Crippen LogP contribution in [-0.4, -0.2) is 29.3 Å². The molecule has 66 valence electrons. The minimum Gasteiger partial charge on any atom is -0.311 e. The lowest BCUT2D eigenvalue weighted by atomic mass is 10.5. The second-order valence-electron chi connectivity index (χ2n) is 2.42. The first kappa shape index (κ1) is 8.73. The van der Waals surface area contributed by atoms with E-state index in [4.69, 9.17) is 0 Å². The fourth-order valence-electron chi connectivity index (χ4n) is 0.844. The van der Waals surface area contributed by atoms with E-state index in [0.717, 1.165) is 0 Å². The van der Waals surface area contributed by atoms with Crippen LogP contribution in [0, 0.1) is 0 Å². The number of carbonyl (C=O) groups excluding carboxylic acids is 1. The molecule has 2 N–H and O–H groups in total. The van der Waals surface area contributed by atoms with E-state index < -0.39 is 0 Å². The number of amides is 1. The highest BCUT2D eigenvalue weighted by atomic mass is 16.2. The molecule has 0 atom stereocenters. The Morgan fingerprint density at radius 3 is 3.00 bits per heavy atom. The molecule has 0 bridgehead atoms. The minimum absolute atomic E-state index is 0.0684. The van der Waals surface area contributed by atoms with E-state index >= 15 is 0 Å². The van der Waals surface area contributed by atoms with Crippen molar-refractivity contribution in [3.8, 4) is 0 Å². The molecule has 0 aliphatic heterocycles. The Morgan fingerprint density at radius 2 is 2.50 bits per heavy atom. The highest BCUT2D eigenvalue weighted by Crippen LogP contribution is 2.01. The predicted octanol–water partition coefficient (Wildman–Crippen LogP) is -0.422. The topological polar surface area (TPSA) is 59.0 Å². The largest absolute Gasteiger partial charge is 0.311 e. The molecule has 1 aromatic heterocycles. The first-order chi connectivity index (χ1) is 5.74. The molecule has 5 heteroatoms. The first-order valence-corrected chi connectivity index (χ1v) is 3.66. The second-order valence-corrected chi connectivity index (χ2v) is 2.42. The van der Waals surface area contributed by atoms with E-state index in [1.165, 1.54) is 0 Å². The van der Waals surface area contributed by atoms with Crippen molar-refractivity contribution in [3.05, 3.63) is 12.3 Å². The third kappa shape index (κ3) is 2.06. The van der Waals surface area contributed by atoms with Crippen molar-refractivity contribution < 1.29 is 4.79 Å². The van der Waals surface area contributed by atoms with Crippen molar-refractivity contribution in [1.29, 1.82) is 0 Å². The quantitative estimate of drug-likeness (QED) is 0.644. The summed E-state index contributed by atoms with van der Waals surface area (Å²) in [5.74, 6) is 0.636. The number of carbonyl (C=O) groups is 1. The maximum Gasteiger partial charge on any atom is 0.239 e. The van der Waals surface area contributed by atoms with Crippen LogP contribution in [0.2, 0.25) is 0 Å². The molecule has 0 unspecified atom stereocenters. The molecule has 0 aromatic carbocycles. The summed E-state index contributed by atoms with van der Waals surface area (Å²) < 4.78 is 1.60. The standard InChI is InChI=1S/C7H12N4O/c1-8-5-7(12)10-6-3-4-9-11(6)2/h3-4,8H,5H2,1-2H3,(H,10,12). The lowest BCUT2D eigenvalue weighted by Gasteiger charge is -2.03. The molecule has 0 aliphatic rings. The lowest BCUT2D eigenvalue weighted by Crippen LogP contribution is -2.25. The molecular formula is C7H12N4O. The molecule has 0 aliphatic carbocycles. The van der Waals surface area contributed by atoms with Crippen LogP contribution in [0.1, 0.15) is 0 Å². The molecule has 0 saturated carbocycles. The third-order valence-electron chi connectivity index (χ3n) is 1.43. The third-order valence-corrected chi connectivity index (χ3v) is 1.43. The van der Waals surface area contributed by atoms with E-state index in [2.05, 4.69) is 15.7 Å². The molecule has 0 spiro atoms. The van der Waals surface area contributed by atoms with Crippen molar-refractivity contribution in [1.82, 2.24) is 15.1 Å². The van der Waals surface area contributed by atoms with Gasteiger partial charge in [-0.15, -0.1) is 0 Å². The zero-order valence-corrected chi connectivity index (χ0v) is 7.16. The molecule has 1 aromatic rings. The Morgan fingerprint density at radius 1 is 1.75 bits per heavy atom. The summed E-state index contributed by atoms with van der Waals surface area (Å²) in [7, 11) is 3.50. The number of aromatic nitrogens is 2. The minimum atomic E-state index is -0.0684. The zero-order valence-electron chi connectivity index (χ0n) is 7.16. The molecule has 1 amide bonds. The summed E-state index contributed by atoms with van der Waals surface area (Å²) in [5.41, 5.74) is 0. The Bertz CT molecular complexity index is 268. The highest BCUT2D eigenvalue weighted by Gasteiger charge is 2.02. The van der Waals surface area contributed by atoms with Gasteiger partial charge in [0.2, 0.25) is 5.91 Å². The van der Waals surface area contributed by atoms with Gasteiger partial charge in [0.25, 0.3) is 0 Å². The SMILES string of the molecule is CNCC(=O)Nc1ccnn1C. The van der Waals surface area contributed by atoms with E-state index in [-0.39, 0.29) is 5.91 Å². The zero-order chi connectivity index (χ0) is 8.97. The average molecular weight is 168 g/mol. The van der Waals surface area contributed by atoms with Crippen molar-refractivity contribution in [3.63, 3.8) is 0 Å². The number of rotatable bonds is 3. The van der Waals surface area contributed by atoms with Crippen LogP contribution in [-0.2, 0) is 11.8 Å². The van der Waals surface area contributed by atoms with Crippen molar-refractivity contribution >= 4 is 11.7 Å². The summed E-state index contributed by atoms with van der Waals surface area (Å²) in [5, 5.41) is 9.36. The number of likely N-dealkylation sites (N-methyl/N-ethyl adjacent to an activating group) is 1. The van der Waals surface area contributed by atoms with Crippen molar-refractivity contribution in [2.45, 2.75) is 0 Å². The molecule has 1 rings (SSSR count). The Hall–Kier alpha value is -1.36. The van der Waals surface area contributed by atoms with Gasteiger partial charge >= 0.3 is 0 Å². The fourth-order valence-corrected chi connectivity index (χ4v) is 0.844. The highest BCUT2D eigenvalue weighted by molar-refractivity contribution is 5.91. The van der Waals surface area contributed by atoms with Crippen molar-refractivity contribution in [2.24, 2.45) is 7.05 Å². The normalized spacial score (nSPS) is 9.83. The summed E-state index contributed by atoms with van der Waals surface area (Å²) in [6, 6.07) is 1.74. The Kier molecular flexibility index (Phi) is 2.82. The van der Waals surface area contributed by atoms with Crippen molar-refractivity contribution in [2.75, 3.05) is 18.9 Å². The number of hydrogen-bond donors (Lipinski definition) is 2. The van der Waals surface area contributed by atoms with Crippen LogP contribution < -0.4 is 10.6 Å². The number of hydrogen-bond acceptors (Lipinski definition) is 3. The van der Waals surface area contributed by atoms with Gasteiger partial charge in [-0.3, -0.25) is 9.48 Å².